The van der Waals surface area contributed by atoms with Gasteiger partial charge in [-0.05, 0) is 19.8 Å². The summed E-state index contributed by atoms with van der Waals surface area (Å²) in [5.41, 5.74) is 5.92. The van der Waals surface area contributed by atoms with Crippen molar-refractivity contribution in [1.82, 2.24) is 0 Å². The molecule has 0 rings (SSSR count). The normalized spacial score (nSPS) is 17.0. The molecule has 0 aliphatic heterocycles. The fraction of sp³-hybridized carbons (Fsp3) is 0.700. The standard InChI is InChI=1S/C10H19NO5S/c1-6(2)10(12)16-5-9(11)7(3)8(4)17(13,14)15/h7-9H,1,5,11H2,2-4H3,(H,13,14,15). The number of hydrogen-bond acceptors (Lipinski definition) is 5. The van der Waals surface area contributed by atoms with Crippen LogP contribution in [0.1, 0.15) is 20.8 Å². The van der Waals surface area contributed by atoms with Crippen molar-refractivity contribution >= 4 is 16.1 Å². The van der Waals surface area contributed by atoms with Crippen LogP contribution in [0, 0.1) is 5.92 Å². The van der Waals surface area contributed by atoms with E-state index in [0.717, 1.165) is 0 Å². The summed E-state index contributed by atoms with van der Waals surface area (Å²) in [7, 11) is -4.14. The summed E-state index contributed by atoms with van der Waals surface area (Å²) in [6, 6.07) is -0.671. The van der Waals surface area contributed by atoms with Crippen LogP contribution in [0.3, 0.4) is 0 Å². The van der Waals surface area contributed by atoms with Gasteiger partial charge in [0.25, 0.3) is 10.1 Å². The Morgan fingerprint density at radius 1 is 1.47 bits per heavy atom. The molecule has 17 heavy (non-hydrogen) atoms. The molecular formula is C10H19NO5S. The Bertz CT molecular complexity index is 390. The van der Waals surface area contributed by atoms with Crippen LogP contribution in [0.15, 0.2) is 12.2 Å². The summed E-state index contributed by atoms with van der Waals surface area (Å²) in [5, 5.41) is -1.01. The molecular weight excluding hydrogens is 246 g/mol. The zero-order valence-electron chi connectivity index (χ0n) is 10.2. The van der Waals surface area contributed by atoms with Gasteiger partial charge in [-0.1, -0.05) is 13.5 Å². The molecule has 100 valence electrons. The van der Waals surface area contributed by atoms with E-state index in [1.165, 1.54) is 13.8 Å². The quantitative estimate of drug-likeness (QED) is 0.407. The molecule has 0 radical (unpaired) electrons. The Morgan fingerprint density at radius 3 is 2.29 bits per heavy atom. The van der Waals surface area contributed by atoms with Crippen LogP contribution in [0.5, 0.6) is 0 Å². The molecule has 0 aromatic heterocycles. The fourth-order valence-electron chi connectivity index (χ4n) is 1.07. The maximum Gasteiger partial charge on any atom is 0.333 e. The minimum atomic E-state index is -4.14. The molecule has 0 bridgehead atoms. The highest BCUT2D eigenvalue weighted by Crippen LogP contribution is 2.14. The van der Waals surface area contributed by atoms with E-state index in [9.17, 15) is 13.2 Å². The molecule has 7 heteroatoms. The number of hydrogen-bond donors (Lipinski definition) is 2. The van der Waals surface area contributed by atoms with Crippen molar-refractivity contribution in [2.24, 2.45) is 11.7 Å². The average Bonchev–Trinajstić information content (AvgIpc) is 2.21. The summed E-state index contributed by atoms with van der Waals surface area (Å²) in [5.74, 6) is -1.12. The zero-order valence-corrected chi connectivity index (χ0v) is 11.0. The number of rotatable bonds is 6. The summed E-state index contributed by atoms with van der Waals surface area (Å²) in [6.07, 6.45) is 0. The molecule has 0 saturated heterocycles. The van der Waals surface area contributed by atoms with E-state index in [1.54, 1.807) is 6.92 Å². The zero-order chi connectivity index (χ0) is 13.8. The van der Waals surface area contributed by atoms with Gasteiger partial charge in [-0.3, -0.25) is 4.55 Å². The van der Waals surface area contributed by atoms with Crippen molar-refractivity contribution < 1.29 is 22.5 Å². The lowest BCUT2D eigenvalue weighted by atomic mass is 10.0. The van der Waals surface area contributed by atoms with Crippen LogP contribution in [0.25, 0.3) is 0 Å². The van der Waals surface area contributed by atoms with Gasteiger partial charge in [0.1, 0.15) is 6.61 Å². The minimum Gasteiger partial charge on any atom is -0.461 e. The molecule has 0 aromatic carbocycles. The molecule has 0 aliphatic carbocycles. The van der Waals surface area contributed by atoms with Crippen LogP contribution in [0.2, 0.25) is 0 Å². The second-order valence-corrected chi connectivity index (χ2v) is 5.90. The van der Waals surface area contributed by atoms with Gasteiger partial charge in [-0.25, -0.2) is 4.79 Å². The van der Waals surface area contributed by atoms with E-state index in [2.05, 4.69) is 6.58 Å². The highest BCUT2D eigenvalue weighted by Gasteiger charge is 2.29. The lowest BCUT2D eigenvalue weighted by molar-refractivity contribution is -0.139. The molecule has 3 N–H and O–H groups in total. The van der Waals surface area contributed by atoms with Gasteiger partial charge < -0.3 is 10.5 Å². The average molecular weight is 265 g/mol. The van der Waals surface area contributed by atoms with Crippen molar-refractivity contribution in [2.75, 3.05) is 6.61 Å². The van der Waals surface area contributed by atoms with Crippen LogP contribution in [-0.4, -0.2) is 36.8 Å². The van der Waals surface area contributed by atoms with Gasteiger partial charge in [0.2, 0.25) is 0 Å². The molecule has 0 spiro atoms. The number of ether oxygens (including phenoxy) is 1. The Morgan fingerprint density at radius 2 is 1.94 bits per heavy atom. The van der Waals surface area contributed by atoms with Crippen molar-refractivity contribution in [3.8, 4) is 0 Å². The van der Waals surface area contributed by atoms with Gasteiger partial charge in [0, 0.05) is 11.6 Å². The van der Waals surface area contributed by atoms with Crippen molar-refractivity contribution in [3.05, 3.63) is 12.2 Å². The first kappa shape index (κ1) is 16.1. The molecule has 6 nitrogen and oxygen atoms in total. The van der Waals surface area contributed by atoms with Crippen LogP contribution >= 0.6 is 0 Å². The molecule has 0 fully saturated rings. The molecule has 0 aliphatic rings. The first-order valence-electron chi connectivity index (χ1n) is 5.12. The topological polar surface area (TPSA) is 107 Å². The van der Waals surface area contributed by atoms with Gasteiger partial charge >= 0.3 is 5.97 Å². The Kier molecular flexibility index (Phi) is 5.80. The lowest BCUT2D eigenvalue weighted by Gasteiger charge is -2.23. The third-order valence-corrected chi connectivity index (χ3v) is 4.01. The van der Waals surface area contributed by atoms with Crippen molar-refractivity contribution in [2.45, 2.75) is 32.1 Å². The monoisotopic (exact) mass is 265 g/mol. The molecule has 3 atom stereocenters. The minimum absolute atomic E-state index is 0.118. The number of esters is 1. The molecule has 0 saturated carbocycles. The summed E-state index contributed by atoms with van der Waals surface area (Å²) < 4.78 is 35.5. The lowest BCUT2D eigenvalue weighted by Crippen LogP contribution is -2.42. The van der Waals surface area contributed by atoms with Crippen LogP contribution < -0.4 is 5.73 Å². The Balaban J connectivity index is 4.38. The van der Waals surface area contributed by atoms with Gasteiger partial charge in [-0.2, -0.15) is 8.42 Å². The largest absolute Gasteiger partial charge is 0.461 e. The summed E-state index contributed by atoms with van der Waals surface area (Å²) in [6.45, 7) is 7.70. The third kappa shape index (κ3) is 5.29. The van der Waals surface area contributed by atoms with Gasteiger partial charge in [0.15, 0.2) is 0 Å². The van der Waals surface area contributed by atoms with Crippen LogP contribution in [0.4, 0.5) is 0 Å². The summed E-state index contributed by atoms with van der Waals surface area (Å²) >= 11 is 0. The number of carbonyl (C=O) groups is 1. The van der Waals surface area contributed by atoms with E-state index in [4.69, 9.17) is 15.0 Å². The maximum absolute atomic E-state index is 11.1. The second-order valence-electron chi connectivity index (χ2n) is 4.12. The smallest absolute Gasteiger partial charge is 0.333 e. The van der Waals surface area contributed by atoms with Crippen molar-refractivity contribution in [3.63, 3.8) is 0 Å². The Hall–Kier alpha value is -0.920. The van der Waals surface area contributed by atoms with E-state index in [0.29, 0.717) is 0 Å². The first-order valence-corrected chi connectivity index (χ1v) is 6.62. The second kappa shape index (κ2) is 6.13. The van der Waals surface area contributed by atoms with E-state index in [1.807, 2.05) is 0 Å². The highest BCUT2D eigenvalue weighted by atomic mass is 32.2. The molecule has 0 aromatic rings. The SMILES string of the molecule is C=C(C)C(=O)OCC(N)C(C)C(C)S(=O)(=O)O. The van der Waals surface area contributed by atoms with E-state index < -0.39 is 33.3 Å². The summed E-state index contributed by atoms with van der Waals surface area (Å²) in [4.78, 5) is 11.1. The van der Waals surface area contributed by atoms with Gasteiger partial charge in [0.05, 0.1) is 5.25 Å². The highest BCUT2D eigenvalue weighted by molar-refractivity contribution is 7.86. The molecule has 0 amide bonds. The molecule has 3 unspecified atom stereocenters. The first-order chi connectivity index (χ1) is 7.57. The van der Waals surface area contributed by atoms with Crippen LogP contribution in [-0.2, 0) is 19.6 Å². The predicted molar refractivity (Wildman–Crippen MR) is 63.9 cm³/mol. The Labute approximate surface area is 102 Å². The fourth-order valence-corrected chi connectivity index (χ4v) is 1.81. The maximum atomic E-state index is 11.1. The third-order valence-electron chi connectivity index (χ3n) is 2.64. The van der Waals surface area contributed by atoms with Crippen molar-refractivity contribution in [1.29, 1.82) is 0 Å². The number of carbonyl (C=O) groups excluding carboxylic acids is 1. The van der Waals surface area contributed by atoms with Gasteiger partial charge in [-0.15, -0.1) is 0 Å². The predicted octanol–water partition coefficient (Wildman–Crippen LogP) is 0.345. The molecule has 0 heterocycles. The van der Waals surface area contributed by atoms with E-state index >= 15 is 0 Å². The van der Waals surface area contributed by atoms with E-state index in [-0.39, 0.29) is 12.2 Å². The number of nitrogens with two attached hydrogens (primary N) is 1.